The second kappa shape index (κ2) is 3.72. The van der Waals surface area contributed by atoms with E-state index in [0.717, 1.165) is 12.8 Å². The van der Waals surface area contributed by atoms with Crippen molar-refractivity contribution in [1.29, 1.82) is 0 Å². The summed E-state index contributed by atoms with van der Waals surface area (Å²) in [5.74, 6) is -0.313. The summed E-state index contributed by atoms with van der Waals surface area (Å²) in [6.07, 6.45) is 4.41. The molecule has 1 amide bonds. The largest absolute Gasteiger partial charge is 0.367 e. The van der Waals surface area contributed by atoms with Crippen LogP contribution in [0.2, 0.25) is 0 Å². The molecule has 0 aliphatic carbocycles. The van der Waals surface area contributed by atoms with E-state index in [2.05, 4.69) is 6.92 Å². The van der Waals surface area contributed by atoms with Crippen LogP contribution >= 0.6 is 0 Å². The molecule has 1 aliphatic heterocycles. The lowest BCUT2D eigenvalue weighted by atomic mass is 10.1. The van der Waals surface area contributed by atoms with Gasteiger partial charge in [-0.05, 0) is 6.42 Å². The lowest BCUT2D eigenvalue weighted by Crippen LogP contribution is -2.19. The second-order valence-electron chi connectivity index (χ2n) is 2.99. The monoisotopic (exact) mass is 157 g/mol. The zero-order valence-corrected chi connectivity index (χ0v) is 6.88. The van der Waals surface area contributed by atoms with Gasteiger partial charge in [0.1, 0.15) is 0 Å². The van der Waals surface area contributed by atoms with Gasteiger partial charge < -0.3 is 10.5 Å². The average molecular weight is 157 g/mol. The van der Waals surface area contributed by atoms with Crippen LogP contribution in [0.4, 0.5) is 0 Å². The molecule has 1 fully saturated rings. The summed E-state index contributed by atoms with van der Waals surface area (Å²) in [5.41, 5.74) is 5.03. The van der Waals surface area contributed by atoms with Crippen LogP contribution in [0.3, 0.4) is 0 Å². The van der Waals surface area contributed by atoms with Crippen molar-refractivity contribution in [3.63, 3.8) is 0 Å². The average Bonchev–Trinajstić information content (AvgIpc) is 2.68. The van der Waals surface area contributed by atoms with Gasteiger partial charge in [-0.15, -0.1) is 0 Å². The fraction of sp³-hybridized carbons (Fsp3) is 0.875. The molecule has 1 aliphatic rings. The molecule has 64 valence electrons. The Morgan fingerprint density at radius 3 is 2.73 bits per heavy atom. The quantitative estimate of drug-likeness (QED) is 0.474. The summed E-state index contributed by atoms with van der Waals surface area (Å²) in [4.78, 5) is 10.5. The van der Waals surface area contributed by atoms with Crippen molar-refractivity contribution in [2.75, 3.05) is 0 Å². The summed E-state index contributed by atoms with van der Waals surface area (Å²) in [5, 5.41) is 0. The summed E-state index contributed by atoms with van der Waals surface area (Å²) in [7, 11) is 0. The van der Waals surface area contributed by atoms with Crippen molar-refractivity contribution >= 4 is 5.91 Å². The van der Waals surface area contributed by atoms with Crippen LogP contribution in [0.1, 0.15) is 32.6 Å². The first-order valence-electron chi connectivity index (χ1n) is 4.20. The molecule has 1 rings (SSSR count). The summed E-state index contributed by atoms with van der Waals surface area (Å²) < 4.78 is 5.05. The van der Waals surface area contributed by atoms with Gasteiger partial charge in [-0.2, -0.15) is 0 Å². The second-order valence-corrected chi connectivity index (χ2v) is 2.99. The number of hydrogen-bond acceptors (Lipinski definition) is 2. The van der Waals surface area contributed by atoms with E-state index in [1.807, 2.05) is 0 Å². The van der Waals surface area contributed by atoms with E-state index in [4.69, 9.17) is 10.5 Å². The normalized spacial score (nSPS) is 28.5. The minimum Gasteiger partial charge on any atom is -0.367 e. The van der Waals surface area contributed by atoms with Crippen LogP contribution in [-0.2, 0) is 9.53 Å². The molecule has 0 aromatic rings. The van der Waals surface area contributed by atoms with Crippen molar-refractivity contribution in [3.8, 4) is 0 Å². The highest BCUT2D eigenvalue weighted by Crippen LogP contribution is 2.26. The van der Waals surface area contributed by atoms with Crippen LogP contribution < -0.4 is 5.73 Å². The molecule has 3 nitrogen and oxygen atoms in total. The summed E-state index contributed by atoms with van der Waals surface area (Å²) >= 11 is 0. The molecule has 3 heteroatoms. The lowest BCUT2D eigenvalue weighted by molar-refractivity contribution is -0.119. The van der Waals surface area contributed by atoms with Crippen LogP contribution in [0.25, 0.3) is 0 Å². The molecular formula is C8H15NO2. The van der Waals surface area contributed by atoms with Crippen molar-refractivity contribution in [1.82, 2.24) is 0 Å². The van der Waals surface area contributed by atoms with E-state index in [9.17, 15) is 4.79 Å². The Morgan fingerprint density at radius 1 is 1.55 bits per heavy atom. The number of carbonyl (C=O) groups is 1. The Hall–Kier alpha value is -0.570. The number of primary amides is 1. The molecule has 1 saturated heterocycles. The standard InChI is InChI=1S/C8H15NO2/c1-2-3-4-5-6-7(11-6)8(9)10/h6-7H,2-5H2,1H3,(H2,9,10). The van der Waals surface area contributed by atoms with Gasteiger partial charge in [0.25, 0.3) is 0 Å². The number of rotatable bonds is 5. The Labute approximate surface area is 66.9 Å². The van der Waals surface area contributed by atoms with Gasteiger partial charge >= 0.3 is 0 Å². The van der Waals surface area contributed by atoms with Gasteiger partial charge in [0.15, 0.2) is 6.10 Å². The van der Waals surface area contributed by atoms with E-state index >= 15 is 0 Å². The molecule has 11 heavy (non-hydrogen) atoms. The van der Waals surface area contributed by atoms with E-state index in [-0.39, 0.29) is 18.1 Å². The highest BCUT2D eigenvalue weighted by atomic mass is 16.6. The first kappa shape index (κ1) is 8.53. The van der Waals surface area contributed by atoms with E-state index in [1.165, 1.54) is 12.8 Å². The number of epoxide rings is 1. The van der Waals surface area contributed by atoms with Crippen molar-refractivity contribution in [2.24, 2.45) is 5.73 Å². The number of hydrogen-bond donors (Lipinski definition) is 1. The molecule has 0 radical (unpaired) electrons. The maximum Gasteiger partial charge on any atom is 0.249 e. The van der Waals surface area contributed by atoms with E-state index in [1.54, 1.807) is 0 Å². The van der Waals surface area contributed by atoms with Gasteiger partial charge in [-0.3, -0.25) is 4.79 Å². The number of ether oxygens (including phenoxy) is 1. The van der Waals surface area contributed by atoms with Crippen molar-refractivity contribution in [3.05, 3.63) is 0 Å². The Bertz CT molecular complexity index is 147. The smallest absolute Gasteiger partial charge is 0.249 e. The molecule has 1 heterocycles. The van der Waals surface area contributed by atoms with Crippen LogP contribution in [0, 0.1) is 0 Å². The zero-order valence-electron chi connectivity index (χ0n) is 6.88. The van der Waals surface area contributed by atoms with Crippen LogP contribution in [-0.4, -0.2) is 18.1 Å². The van der Waals surface area contributed by atoms with Crippen LogP contribution in [0.15, 0.2) is 0 Å². The minimum atomic E-state index is -0.313. The van der Waals surface area contributed by atoms with E-state index < -0.39 is 0 Å². The van der Waals surface area contributed by atoms with Crippen LogP contribution in [0.5, 0.6) is 0 Å². The molecular weight excluding hydrogens is 142 g/mol. The van der Waals surface area contributed by atoms with Gasteiger partial charge in [-0.1, -0.05) is 26.2 Å². The minimum absolute atomic E-state index is 0.138. The Kier molecular flexibility index (Phi) is 2.88. The van der Waals surface area contributed by atoms with Gasteiger partial charge in [0, 0.05) is 0 Å². The van der Waals surface area contributed by atoms with Crippen molar-refractivity contribution in [2.45, 2.75) is 44.8 Å². The Balaban J connectivity index is 2.00. The van der Waals surface area contributed by atoms with E-state index in [0.29, 0.717) is 0 Å². The topological polar surface area (TPSA) is 55.6 Å². The van der Waals surface area contributed by atoms with Gasteiger partial charge in [-0.25, -0.2) is 0 Å². The molecule has 0 bridgehead atoms. The molecule has 0 saturated carbocycles. The third kappa shape index (κ3) is 2.50. The molecule has 2 N–H and O–H groups in total. The number of nitrogens with two attached hydrogens (primary N) is 1. The number of amides is 1. The maximum absolute atomic E-state index is 10.5. The van der Waals surface area contributed by atoms with Gasteiger partial charge in [0.05, 0.1) is 6.10 Å². The lowest BCUT2D eigenvalue weighted by Gasteiger charge is -1.92. The third-order valence-electron chi connectivity index (χ3n) is 1.96. The van der Waals surface area contributed by atoms with Gasteiger partial charge in [0.2, 0.25) is 5.91 Å². The number of unbranched alkanes of at least 4 members (excludes halogenated alkanes) is 2. The fourth-order valence-electron chi connectivity index (χ4n) is 1.21. The maximum atomic E-state index is 10.5. The predicted octanol–water partition coefficient (Wildman–Crippen LogP) is 0.819. The SMILES string of the molecule is CCCCCC1OC1C(N)=O. The summed E-state index contributed by atoms with van der Waals surface area (Å²) in [6, 6.07) is 0. The highest BCUT2D eigenvalue weighted by Gasteiger charge is 2.42. The molecule has 0 spiro atoms. The molecule has 2 unspecified atom stereocenters. The number of carbonyl (C=O) groups excluding carboxylic acids is 1. The Morgan fingerprint density at radius 2 is 2.27 bits per heavy atom. The zero-order chi connectivity index (χ0) is 8.27. The predicted molar refractivity (Wildman–Crippen MR) is 42.0 cm³/mol. The third-order valence-corrected chi connectivity index (χ3v) is 1.96. The molecule has 0 aromatic heterocycles. The first-order chi connectivity index (χ1) is 5.25. The van der Waals surface area contributed by atoms with Crippen molar-refractivity contribution < 1.29 is 9.53 Å². The fourth-order valence-corrected chi connectivity index (χ4v) is 1.21. The molecule has 2 atom stereocenters. The first-order valence-corrected chi connectivity index (χ1v) is 4.20. The summed E-state index contributed by atoms with van der Waals surface area (Å²) in [6.45, 7) is 2.15. The molecule has 0 aromatic carbocycles. The highest BCUT2D eigenvalue weighted by molar-refractivity contribution is 5.81.